The SMILES string of the molecule is COC1CC(C)CNC1C(F)(F)P. The molecule has 4 unspecified atom stereocenters. The van der Waals surface area contributed by atoms with E-state index in [1.54, 1.807) is 9.24 Å². The Bertz CT molecular complexity index is 174. The number of halogens is 2. The van der Waals surface area contributed by atoms with Gasteiger partial charge in [-0.1, -0.05) is 16.2 Å². The van der Waals surface area contributed by atoms with Gasteiger partial charge in [0.25, 0.3) is 5.66 Å². The molecule has 13 heavy (non-hydrogen) atoms. The molecule has 0 aromatic carbocycles. The quantitative estimate of drug-likeness (QED) is 0.698. The third kappa shape index (κ3) is 2.83. The fourth-order valence-electron chi connectivity index (χ4n) is 1.69. The highest BCUT2D eigenvalue weighted by Crippen LogP contribution is 2.33. The van der Waals surface area contributed by atoms with Crippen LogP contribution in [-0.4, -0.2) is 31.5 Å². The van der Waals surface area contributed by atoms with Crippen molar-refractivity contribution in [1.82, 2.24) is 5.32 Å². The predicted octanol–water partition coefficient (Wildman–Crippen LogP) is 1.47. The maximum absolute atomic E-state index is 13.0. The molecule has 78 valence electrons. The van der Waals surface area contributed by atoms with E-state index in [1.165, 1.54) is 7.11 Å². The van der Waals surface area contributed by atoms with Crippen LogP contribution in [0.3, 0.4) is 0 Å². The third-order valence-corrected chi connectivity index (χ3v) is 2.77. The molecule has 0 amide bonds. The van der Waals surface area contributed by atoms with Gasteiger partial charge < -0.3 is 10.1 Å². The molecule has 0 spiro atoms. The van der Waals surface area contributed by atoms with Crippen LogP contribution in [0.15, 0.2) is 0 Å². The van der Waals surface area contributed by atoms with Crippen LogP contribution >= 0.6 is 9.24 Å². The summed E-state index contributed by atoms with van der Waals surface area (Å²) in [6, 6.07) is -0.876. The maximum atomic E-state index is 13.0. The minimum absolute atomic E-state index is 0.392. The Morgan fingerprint density at radius 1 is 1.54 bits per heavy atom. The summed E-state index contributed by atoms with van der Waals surface area (Å²) in [4.78, 5) is 0. The molecule has 0 bridgehead atoms. The number of alkyl halides is 2. The van der Waals surface area contributed by atoms with Gasteiger partial charge in [-0.2, -0.15) is 0 Å². The number of methoxy groups -OCH3 is 1. The second-order valence-electron chi connectivity index (χ2n) is 3.68. The van der Waals surface area contributed by atoms with Crippen molar-refractivity contribution in [2.75, 3.05) is 13.7 Å². The van der Waals surface area contributed by atoms with Gasteiger partial charge in [0.1, 0.15) is 6.04 Å². The second-order valence-corrected chi connectivity index (χ2v) is 4.45. The Labute approximate surface area is 79.6 Å². The van der Waals surface area contributed by atoms with E-state index in [0.29, 0.717) is 18.9 Å². The zero-order chi connectivity index (χ0) is 10.1. The van der Waals surface area contributed by atoms with E-state index < -0.39 is 17.8 Å². The number of ether oxygens (including phenoxy) is 1. The lowest BCUT2D eigenvalue weighted by Crippen LogP contribution is -2.55. The number of hydrogen-bond acceptors (Lipinski definition) is 2. The molecule has 1 heterocycles. The van der Waals surface area contributed by atoms with Gasteiger partial charge in [-0.15, -0.1) is 0 Å². The van der Waals surface area contributed by atoms with E-state index >= 15 is 0 Å². The average molecular weight is 211 g/mol. The predicted molar refractivity (Wildman–Crippen MR) is 51.0 cm³/mol. The molecule has 1 fully saturated rings. The lowest BCUT2D eigenvalue weighted by Gasteiger charge is -2.37. The molecule has 1 N–H and O–H groups in total. The highest BCUT2D eigenvalue weighted by Gasteiger charge is 2.42. The molecule has 5 heteroatoms. The van der Waals surface area contributed by atoms with Gasteiger partial charge in [0.05, 0.1) is 6.10 Å². The van der Waals surface area contributed by atoms with Crippen molar-refractivity contribution in [3.05, 3.63) is 0 Å². The Hall–Kier alpha value is 0.210. The van der Waals surface area contributed by atoms with Crippen molar-refractivity contribution >= 4 is 9.24 Å². The summed E-state index contributed by atoms with van der Waals surface area (Å²) in [6.45, 7) is 2.66. The molecule has 0 aromatic rings. The van der Waals surface area contributed by atoms with Crippen LogP contribution < -0.4 is 5.32 Å². The number of rotatable bonds is 2. The fourth-order valence-corrected chi connectivity index (χ4v) is 2.02. The summed E-state index contributed by atoms with van der Waals surface area (Å²) in [7, 11) is 3.05. The molecular formula is C8H16F2NOP. The minimum atomic E-state index is -2.79. The van der Waals surface area contributed by atoms with Crippen molar-refractivity contribution in [2.24, 2.45) is 5.92 Å². The normalized spacial score (nSPS) is 36.2. The molecule has 1 saturated heterocycles. The van der Waals surface area contributed by atoms with E-state index in [4.69, 9.17) is 4.74 Å². The summed E-state index contributed by atoms with van der Waals surface area (Å²) in [5.74, 6) is 0.397. The van der Waals surface area contributed by atoms with E-state index in [2.05, 4.69) is 5.32 Å². The van der Waals surface area contributed by atoms with E-state index in [9.17, 15) is 8.78 Å². The van der Waals surface area contributed by atoms with Crippen LogP contribution in [0.2, 0.25) is 0 Å². The Kier molecular flexibility index (Phi) is 3.61. The molecule has 0 saturated carbocycles. The topological polar surface area (TPSA) is 21.3 Å². The van der Waals surface area contributed by atoms with Gasteiger partial charge in [0.2, 0.25) is 0 Å². The standard InChI is InChI=1S/C8H16F2NOP/c1-5-3-6(12-2)7(11-4-5)8(9,10)13/h5-7,11H,3-4,13H2,1-2H3. The van der Waals surface area contributed by atoms with Crippen LogP contribution in [0, 0.1) is 5.92 Å². The van der Waals surface area contributed by atoms with Crippen molar-refractivity contribution in [2.45, 2.75) is 31.2 Å². The van der Waals surface area contributed by atoms with Crippen molar-refractivity contribution < 1.29 is 13.5 Å². The highest BCUT2D eigenvalue weighted by molar-refractivity contribution is 7.18. The summed E-state index contributed by atoms with van der Waals surface area (Å²) in [5, 5.41) is 2.81. The van der Waals surface area contributed by atoms with Crippen LogP contribution in [0.4, 0.5) is 8.78 Å². The zero-order valence-corrected chi connectivity index (χ0v) is 9.04. The van der Waals surface area contributed by atoms with E-state index in [1.807, 2.05) is 6.92 Å². The highest BCUT2D eigenvalue weighted by atomic mass is 31.0. The maximum Gasteiger partial charge on any atom is 0.276 e. The zero-order valence-electron chi connectivity index (χ0n) is 7.89. The monoisotopic (exact) mass is 211 g/mol. The van der Waals surface area contributed by atoms with Crippen LogP contribution in [0.25, 0.3) is 0 Å². The smallest absolute Gasteiger partial charge is 0.276 e. The van der Waals surface area contributed by atoms with E-state index in [0.717, 1.165) is 0 Å². The lowest BCUT2D eigenvalue weighted by atomic mass is 9.93. The molecule has 0 aromatic heterocycles. The van der Waals surface area contributed by atoms with Gasteiger partial charge in [0, 0.05) is 7.11 Å². The summed E-state index contributed by atoms with van der Waals surface area (Å²) in [5.41, 5.74) is -2.79. The van der Waals surface area contributed by atoms with Crippen LogP contribution in [-0.2, 0) is 4.74 Å². The first-order chi connectivity index (χ1) is 5.95. The van der Waals surface area contributed by atoms with Gasteiger partial charge in [-0.25, -0.2) is 8.78 Å². The van der Waals surface area contributed by atoms with Crippen LogP contribution in [0.1, 0.15) is 13.3 Å². The number of hydrogen-bond donors (Lipinski definition) is 1. The first kappa shape index (κ1) is 11.3. The van der Waals surface area contributed by atoms with Crippen molar-refractivity contribution in [3.63, 3.8) is 0 Å². The number of piperidine rings is 1. The Morgan fingerprint density at radius 2 is 2.15 bits per heavy atom. The summed E-state index contributed by atoms with van der Waals surface area (Å²) in [6.07, 6.45) is 0.300. The first-order valence-corrected chi connectivity index (χ1v) is 4.95. The molecule has 1 aliphatic rings. The molecule has 0 aliphatic carbocycles. The summed E-state index contributed by atoms with van der Waals surface area (Å²) >= 11 is 0. The summed E-state index contributed by atoms with van der Waals surface area (Å²) < 4.78 is 31.0. The van der Waals surface area contributed by atoms with Gasteiger partial charge in [-0.05, 0) is 18.9 Å². The largest absolute Gasteiger partial charge is 0.380 e. The Balaban J connectivity index is 2.63. The lowest BCUT2D eigenvalue weighted by molar-refractivity contribution is -0.0510. The van der Waals surface area contributed by atoms with Gasteiger partial charge >= 0.3 is 0 Å². The average Bonchev–Trinajstić information content (AvgIpc) is 2.01. The van der Waals surface area contributed by atoms with E-state index in [-0.39, 0.29) is 0 Å². The van der Waals surface area contributed by atoms with Crippen LogP contribution in [0.5, 0.6) is 0 Å². The minimum Gasteiger partial charge on any atom is -0.380 e. The molecule has 2 nitrogen and oxygen atoms in total. The molecular weight excluding hydrogens is 195 g/mol. The van der Waals surface area contributed by atoms with Crippen molar-refractivity contribution in [3.8, 4) is 0 Å². The Morgan fingerprint density at radius 3 is 2.62 bits per heavy atom. The third-order valence-electron chi connectivity index (χ3n) is 2.41. The molecule has 1 rings (SSSR count). The first-order valence-electron chi connectivity index (χ1n) is 4.38. The fraction of sp³-hybridized carbons (Fsp3) is 1.00. The van der Waals surface area contributed by atoms with Crippen molar-refractivity contribution in [1.29, 1.82) is 0 Å². The molecule has 1 aliphatic heterocycles. The van der Waals surface area contributed by atoms with Gasteiger partial charge in [0.15, 0.2) is 0 Å². The number of nitrogens with one attached hydrogen (secondary N) is 1. The molecule has 0 radical (unpaired) electrons. The molecule has 4 atom stereocenters. The van der Waals surface area contributed by atoms with Gasteiger partial charge in [-0.3, -0.25) is 0 Å². The second kappa shape index (κ2) is 4.16.